The summed E-state index contributed by atoms with van der Waals surface area (Å²) in [5, 5.41) is 3.09. The quantitative estimate of drug-likeness (QED) is 0.814. The predicted octanol–water partition coefficient (Wildman–Crippen LogP) is 3.58. The van der Waals surface area contributed by atoms with Crippen LogP contribution in [-0.2, 0) is 0 Å². The third-order valence-corrected chi connectivity index (χ3v) is 2.87. The van der Waals surface area contributed by atoms with Gasteiger partial charge in [-0.2, -0.15) is 13.2 Å². The Morgan fingerprint density at radius 1 is 1.43 bits per heavy atom. The Hall–Kier alpha value is -1.50. The third-order valence-electron chi connectivity index (χ3n) is 2.67. The van der Waals surface area contributed by atoms with Crippen LogP contribution in [0.15, 0.2) is 12.1 Å². The molecule has 0 aromatic carbocycles. The molecule has 0 spiro atoms. The molecule has 0 atom stereocenters. The Bertz CT molecular complexity index is 494. The van der Waals surface area contributed by atoms with Gasteiger partial charge < -0.3 is 10.2 Å². The Kier molecular flexibility index (Phi) is 6.26. The van der Waals surface area contributed by atoms with Crippen molar-refractivity contribution in [1.82, 2.24) is 9.88 Å². The van der Waals surface area contributed by atoms with E-state index in [0.29, 0.717) is 12.4 Å². The van der Waals surface area contributed by atoms with Crippen LogP contribution < -0.4 is 5.32 Å². The second-order valence-electron chi connectivity index (χ2n) is 4.58. The third kappa shape index (κ3) is 6.20. The lowest BCUT2D eigenvalue weighted by Gasteiger charge is -2.18. The molecule has 0 bridgehead atoms. The van der Waals surface area contributed by atoms with E-state index in [1.54, 1.807) is 0 Å². The molecule has 0 radical (unpaired) electrons. The topological polar surface area (TPSA) is 45.2 Å². The minimum atomic E-state index is -4.29. The first-order valence-corrected chi connectivity index (χ1v) is 6.84. The fraction of sp³-hybridized carbons (Fsp3) is 0.538. The van der Waals surface area contributed by atoms with Gasteiger partial charge in [0.05, 0.1) is 6.42 Å². The Morgan fingerprint density at radius 2 is 2.10 bits per heavy atom. The fourth-order valence-electron chi connectivity index (χ4n) is 1.58. The molecule has 0 saturated carbocycles. The van der Waals surface area contributed by atoms with E-state index in [1.165, 1.54) is 19.2 Å². The Balaban J connectivity index is 2.78. The summed E-state index contributed by atoms with van der Waals surface area (Å²) in [6.45, 7) is 2.22. The number of alkyl halides is 3. The number of hydrogen-bond acceptors (Lipinski definition) is 3. The standard InChI is InChI=1S/C13H17ClF3N3O/c1-3-5-18-11-8-9(7-10(14)19-11)12(21)20(2)6-4-13(15,16)17/h7-8H,3-6H2,1-2H3,(H,18,19). The minimum absolute atomic E-state index is 0.115. The van der Waals surface area contributed by atoms with Gasteiger partial charge in [0.2, 0.25) is 0 Å². The van der Waals surface area contributed by atoms with Crippen molar-refractivity contribution in [2.24, 2.45) is 0 Å². The van der Waals surface area contributed by atoms with Gasteiger partial charge in [-0.05, 0) is 18.6 Å². The predicted molar refractivity (Wildman–Crippen MR) is 75.7 cm³/mol. The number of nitrogens with one attached hydrogen (secondary N) is 1. The summed E-state index contributed by atoms with van der Waals surface area (Å²) in [5.41, 5.74) is 0.207. The molecule has 8 heteroatoms. The van der Waals surface area contributed by atoms with Crippen molar-refractivity contribution in [2.45, 2.75) is 25.9 Å². The van der Waals surface area contributed by atoms with E-state index >= 15 is 0 Å². The maximum atomic E-state index is 12.2. The Morgan fingerprint density at radius 3 is 2.67 bits per heavy atom. The molecular weight excluding hydrogens is 307 g/mol. The number of halogens is 4. The average molecular weight is 324 g/mol. The highest BCUT2D eigenvalue weighted by atomic mass is 35.5. The lowest BCUT2D eigenvalue weighted by atomic mass is 10.2. The van der Waals surface area contributed by atoms with Crippen molar-refractivity contribution >= 4 is 23.3 Å². The summed E-state index contributed by atoms with van der Waals surface area (Å²) >= 11 is 5.83. The highest BCUT2D eigenvalue weighted by Gasteiger charge is 2.28. The van der Waals surface area contributed by atoms with Gasteiger partial charge in [0.25, 0.3) is 5.91 Å². The molecule has 0 aliphatic carbocycles. The smallest absolute Gasteiger partial charge is 0.370 e. The molecule has 0 aliphatic rings. The van der Waals surface area contributed by atoms with Crippen LogP contribution in [0.4, 0.5) is 19.0 Å². The molecule has 0 unspecified atom stereocenters. The lowest BCUT2D eigenvalue weighted by Crippen LogP contribution is -2.30. The van der Waals surface area contributed by atoms with Crippen LogP contribution in [0.3, 0.4) is 0 Å². The number of anilines is 1. The van der Waals surface area contributed by atoms with E-state index in [0.717, 1.165) is 11.3 Å². The average Bonchev–Trinajstić information content (AvgIpc) is 2.40. The molecule has 0 aliphatic heterocycles. The van der Waals surface area contributed by atoms with Gasteiger partial charge in [0.1, 0.15) is 11.0 Å². The van der Waals surface area contributed by atoms with E-state index in [9.17, 15) is 18.0 Å². The van der Waals surface area contributed by atoms with Crippen molar-refractivity contribution in [3.63, 3.8) is 0 Å². The van der Waals surface area contributed by atoms with Crippen molar-refractivity contribution in [1.29, 1.82) is 0 Å². The molecular formula is C13H17ClF3N3O. The van der Waals surface area contributed by atoms with E-state index in [1.807, 2.05) is 6.92 Å². The number of hydrogen-bond donors (Lipinski definition) is 1. The van der Waals surface area contributed by atoms with Gasteiger partial charge >= 0.3 is 6.18 Å². The first-order valence-electron chi connectivity index (χ1n) is 6.46. The number of amides is 1. The molecule has 1 aromatic heterocycles. The largest absolute Gasteiger partial charge is 0.390 e. The van der Waals surface area contributed by atoms with Crippen LogP contribution in [0.25, 0.3) is 0 Å². The van der Waals surface area contributed by atoms with Gasteiger partial charge in [-0.3, -0.25) is 4.79 Å². The molecule has 1 aromatic rings. The minimum Gasteiger partial charge on any atom is -0.370 e. The lowest BCUT2D eigenvalue weighted by molar-refractivity contribution is -0.136. The van der Waals surface area contributed by atoms with Gasteiger partial charge in [-0.15, -0.1) is 0 Å². The van der Waals surface area contributed by atoms with Crippen LogP contribution >= 0.6 is 11.6 Å². The fourth-order valence-corrected chi connectivity index (χ4v) is 1.79. The summed E-state index contributed by atoms with van der Waals surface area (Å²) < 4.78 is 36.5. The number of pyridine rings is 1. The molecule has 1 heterocycles. The van der Waals surface area contributed by atoms with Crippen molar-refractivity contribution < 1.29 is 18.0 Å². The number of rotatable bonds is 6. The zero-order valence-corrected chi connectivity index (χ0v) is 12.6. The van der Waals surface area contributed by atoms with Crippen molar-refractivity contribution in [2.75, 3.05) is 25.5 Å². The highest BCUT2D eigenvalue weighted by molar-refractivity contribution is 6.29. The molecule has 1 rings (SSSR count). The van der Waals surface area contributed by atoms with Crippen LogP contribution in [0.1, 0.15) is 30.1 Å². The number of nitrogens with zero attached hydrogens (tertiary/aromatic N) is 2. The van der Waals surface area contributed by atoms with E-state index in [2.05, 4.69) is 10.3 Å². The van der Waals surface area contributed by atoms with Crippen molar-refractivity contribution in [3.05, 3.63) is 22.8 Å². The summed E-state index contributed by atoms with van der Waals surface area (Å²) in [5.74, 6) is -0.0972. The molecule has 1 N–H and O–H groups in total. The first kappa shape index (κ1) is 17.6. The zero-order valence-electron chi connectivity index (χ0n) is 11.8. The second kappa shape index (κ2) is 7.49. The molecule has 21 heavy (non-hydrogen) atoms. The molecule has 4 nitrogen and oxygen atoms in total. The molecule has 0 saturated heterocycles. The summed E-state index contributed by atoms with van der Waals surface area (Å²) in [7, 11) is 1.32. The van der Waals surface area contributed by atoms with E-state index in [4.69, 9.17) is 11.6 Å². The number of carbonyl (C=O) groups excluding carboxylic acids is 1. The first-order chi connectivity index (χ1) is 9.73. The molecule has 118 valence electrons. The summed E-state index contributed by atoms with van der Waals surface area (Å²) in [6.07, 6.45) is -4.48. The normalized spacial score (nSPS) is 11.3. The molecule has 0 fully saturated rings. The van der Waals surface area contributed by atoms with E-state index < -0.39 is 25.0 Å². The molecule has 1 amide bonds. The summed E-state index contributed by atoms with van der Waals surface area (Å²) in [6, 6.07) is 2.82. The van der Waals surface area contributed by atoms with Crippen molar-refractivity contribution in [3.8, 4) is 0 Å². The zero-order chi connectivity index (χ0) is 16.0. The van der Waals surface area contributed by atoms with Crippen LogP contribution in [0, 0.1) is 0 Å². The van der Waals surface area contributed by atoms with Crippen LogP contribution in [0.2, 0.25) is 5.15 Å². The van der Waals surface area contributed by atoms with Gasteiger partial charge in [-0.1, -0.05) is 18.5 Å². The summed E-state index contributed by atoms with van der Waals surface area (Å²) in [4.78, 5) is 17.1. The maximum absolute atomic E-state index is 12.2. The maximum Gasteiger partial charge on any atom is 0.390 e. The highest BCUT2D eigenvalue weighted by Crippen LogP contribution is 2.21. The van der Waals surface area contributed by atoms with Crippen LogP contribution in [0.5, 0.6) is 0 Å². The number of carbonyl (C=O) groups is 1. The van der Waals surface area contributed by atoms with Gasteiger partial charge in [0, 0.05) is 25.7 Å². The van der Waals surface area contributed by atoms with Gasteiger partial charge in [0.15, 0.2) is 0 Å². The van der Waals surface area contributed by atoms with Crippen LogP contribution in [-0.4, -0.2) is 42.1 Å². The number of aromatic nitrogens is 1. The SMILES string of the molecule is CCCNc1cc(C(=O)N(C)CCC(F)(F)F)cc(Cl)n1. The Labute approximate surface area is 126 Å². The van der Waals surface area contributed by atoms with E-state index in [-0.39, 0.29) is 10.7 Å². The second-order valence-corrected chi connectivity index (χ2v) is 4.97. The van der Waals surface area contributed by atoms with Gasteiger partial charge in [-0.25, -0.2) is 4.98 Å². The monoisotopic (exact) mass is 323 g/mol.